The quantitative estimate of drug-likeness (QED) is 0.887. The third-order valence-corrected chi connectivity index (χ3v) is 3.60. The van der Waals surface area contributed by atoms with Crippen LogP contribution in [0.15, 0.2) is 6.20 Å². The number of aliphatic hydroxyl groups is 1. The van der Waals surface area contributed by atoms with Crippen molar-refractivity contribution in [3.63, 3.8) is 0 Å². The zero-order valence-corrected chi connectivity index (χ0v) is 11.4. The topological polar surface area (TPSA) is 38.1 Å². The van der Waals surface area contributed by atoms with Gasteiger partial charge >= 0.3 is 0 Å². The van der Waals surface area contributed by atoms with Crippen molar-refractivity contribution in [3.8, 4) is 0 Å². The van der Waals surface area contributed by atoms with Crippen LogP contribution < -0.4 is 0 Å². The Morgan fingerprint density at radius 1 is 1.50 bits per heavy atom. The summed E-state index contributed by atoms with van der Waals surface area (Å²) < 4.78 is 1.64. The maximum atomic E-state index is 10.2. The Morgan fingerprint density at radius 2 is 2.06 bits per heavy atom. The molecule has 0 saturated carbocycles. The molecule has 1 aromatic rings. The van der Waals surface area contributed by atoms with Crippen molar-refractivity contribution in [2.45, 2.75) is 40.2 Å². The van der Waals surface area contributed by atoms with Crippen LogP contribution in [0.25, 0.3) is 0 Å². The number of aliphatic hydroxyl groups excluding tert-OH is 1. The van der Waals surface area contributed by atoms with E-state index >= 15 is 0 Å². The van der Waals surface area contributed by atoms with Gasteiger partial charge in [-0.25, -0.2) is 0 Å². The molecule has 92 valence electrons. The first kappa shape index (κ1) is 13.5. The van der Waals surface area contributed by atoms with Gasteiger partial charge in [-0.1, -0.05) is 39.3 Å². The lowest BCUT2D eigenvalue weighted by atomic mass is 9.78. The standard InChI is InChI=1S/C12H21ClN2O/c1-8(12(2,3)4)6-10(16)11-9(13)7-14-15(11)5/h7-8,10,16H,6H2,1-5H3. The van der Waals surface area contributed by atoms with Crippen LogP contribution in [0.1, 0.15) is 45.9 Å². The SMILES string of the molecule is CC(CC(O)c1c(Cl)cnn1C)C(C)(C)C. The van der Waals surface area contributed by atoms with Gasteiger partial charge in [-0.15, -0.1) is 0 Å². The third kappa shape index (κ3) is 2.98. The van der Waals surface area contributed by atoms with Crippen LogP contribution in [0.4, 0.5) is 0 Å². The summed E-state index contributed by atoms with van der Waals surface area (Å²) in [4.78, 5) is 0. The molecule has 0 aliphatic carbocycles. The first-order chi connectivity index (χ1) is 7.23. The molecule has 0 bridgehead atoms. The van der Waals surface area contributed by atoms with Gasteiger partial charge in [0.15, 0.2) is 0 Å². The first-order valence-corrected chi connectivity index (χ1v) is 5.96. The molecule has 0 amide bonds. The van der Waals surface area contributed by atoms with Crippen LogP contribution in [-0.2, 0) is 7.05 Å². The predicted molar refractivity (Wildman–Crippen MR) is 66.4 cm³/mol. The Morgan fingerprint density at radius 3 is 2.44 bits per heavy atom. The number of halogens is 1. The molecule has 0 aliphatic rings. The van der Waals surface area contributed by atoms with E-state index in [1.54, 1.807) is 17.9 Å². The minimum Gasteiger partial charge on any atom is -0.387 e. The van der Waals surface area contributed by atoms with E-state index in [1.165, 1.54) is 0 Å². The lowest BCUT2D eigenvalue weighted by molar-refractivity contribution is 0.104. The Balaban J connectivity index is 2.77. The molecule has 0 aromatic carbocycles. The molecule has 16 heavy (non-hydrogen) atoms. The van der Waals surface area contributed by atoms with E-state index < -0.39 is 6.10 Å². The van der Waals surface area contributed by atoms with Crippen LogP contribution in [-0.4, -0.2) is 14.9 Å². The minimum atomic E-state index is -0.547. The zero-order valence-electron chi connectivity index (χ0n) is 10.7. The summed E-state index contributed by atoms with van der Waals surface area (Å²) in [6, 6.07) is 0. The molecule has 1 rings (SSSR count). The molecule has 1 aromatic heterocycles. The van der Waals surface area contributed by atoms with Crippen LogP contribution in [0, 0.1) is 11.3 Å². The summed E-state index contributed by atoms with van der Waals surface area (Å²) in [6.45, 7) is 8.67. The number of hydrogen-bond donors (Lipinski definition) is 1. The molecular weight excluding hydrogens is 224 g/mol. The van der Waals surface area contributed by atoms with E-state index in [-0.39, 0.29) is 5.41 Å². The van der Waals surface area contributed by atoms with Crippen molar-refractivity contribution in [1.82, 2.24) is 9.78 Å². The number of aryl methyl sites for hydroxylation is 1. The van der Waals surface area contributed by atoms with Gasteiger partial charge in [-0.05, 0) is 17.8 Å². The van der Waals surface area contributed by atoms with Crippen molar-refractivity contribution in [1.29, 1.82) is 0 Å². The van der Waals surface area contributed by atoms with Crippen LogP contribution in [0.5, 0.6) is 0 Å². The van der Waals surface area contributed by atoms with E-state index in [4.69, 9.17) is 11.6 Å². The first-order valence-electron chi connectivity index (χ1n) is 5.59. The minimum absolute atomic E-state index is 0.187. The third-order valence-electron chi connectivity index (χ3n) is 3.31. The fraction of sp³-hybridized carbons (Fsp3) is 0.750. The number of hydrogen-bond acceptors (Lipinski definition) is 2. The summed E-state index contributed by atoms with van der Waals surface area (Å²) >= 11 is 5.99. The van der Waals surface area contributed by atoms with Gasteiger partial charge in [-0.3, -0.25) is 4.68 Å². The van der Waals surface area contributed by atoms with E-state index in [0.29, 0.717) is 23.1 Å². The molecule has 2 atom stereocenters. The fourth-order valence-electron chi connectivity index (χ4n) is 1.60. The highest BCUT2D eigenvalue weighted by molar-refractivity contribution is 6.31. The lowest BCUT2D eigenvalue weighted by Gasteiger charge is -2.29. The van der Waals surface area contributed by atoms with Crippen molar-refractivity contribution >= 4 is 11.6 Å². The van der Waals surface area contributed by atoms with Gasteiger partial charge in [0.2, 0.25) is 0 Å². The van der Waals surface area contributed by atoms with Crippen molar-refractivity contribution in [2.24, 2.45) is 18.4 Å². The maximum Gasteiger partial charge on any atom is 0.0974 e. The van der Waals surface area contributed by atoms with Crippen molar-refractivity contribution in [2.75, 3.05) is 0 Å². The van der Waals surface area contributed by atoms with Gasteiger partial charge < -0.3 is 5.11 Å². The average molecular weight is 245 g/mol. The summed E-state index contributed by atoms with van der Waals surface area (Å²) in [6.07, 6.45) is 1.72. The smallest absolute Gasteiger partial charge is 0.0974 e. The molecule has 0 saturated heterocycles. The van der Waals surface area contributed by atoms with E-state index in [0.717, 1.165) is 0 Å². The van der Waals surface area contributed by atoms with E-state index in [2.05, 4.69) is 32.8 Å². The van der Waals surface area contributed by atoms with Gasteiger partial charge in [0.05, 0.1) is 23.0 Å². The molecule has 0 spiro atoms. The molecule has 4 heteroatoms. The number of nitrogens with zero attached hydrogens (tertiary/aromatic N) is 2. The lowest BCUT2D eigenvalue weighted by Crippen LogP contribution is -2.20. The monoisotopic (exact) mass is 244 g/mol. The van der Waals surface area contributed by atoms with Gasteiger partial charge in [0, 0.05) is 7.05 Å². The molecule has 0 aliphatic heterocycles. The highest BCUT2D eigenvalue weighted by Gasteiger charge is 2.25. The Labute approximate surface area is 102 Å². The fourth-order valence-corrected chi connectivity index (χ4v) is 1.89. The molecule has 3 nitrogen and oxygen atoms in total. The highest BCUT2D eigenvalue weighted by atomic mass is 35.5. The predicted octanol–water partition coefficient (Wildman–Crippen LogP) is 3.18. The molecule has 0 radical (unpaired) electrons. The summed E-state index contributed by atoms with van der Waals surface area (Å²) in [5.41, 5.74) is 0.893. The molecule has 2 unspecified atom stereocenters. The molecule has 0 fully saturated rings. The molecule has 1 N–H and O–H groups in total. The van der Waals surface area contributed by atoms with Gasteiger partial charge in [0.25, 0.3) is 0 Å². The van der Waals surface area contributed by atoms with Crippen molar-refractivity contribution in [3.05, 3.63) is 16.9 Å². The van der Waals surface area contributed by atoms with Crippen LogP contribution in [0.3, 0.4) is 0 Å². The van der Waals surface area contributed by atoms with Crippen molar-refractivity contribution < 1.29 is 5.11 Å². The highest BCUT2D eigenvalue weighted by Crippen LogP contribution is 2.34. The zero-order chi connectivity index (χ0) is 12.5. The van der Waals surface area contributed by atoms with Gasteiger partial charge in [-0.2, -0.15) is 5.10 Å². The Hall–Kier alpha value is -0.540. The van der Waals surface area contributed by atoms with E-state index in [1.807, 2.05) is 0 Å². The maximum absolute atomic E-state index is 10.2. The number of rotatable bonds is 3. The average Bonchev–Trinajstić information content (AvgIpc) is 2.44. The normalized spacial score (nSPS) is 16.2. The van der Waals surface area contributed by atoms with Crippen LogP contribution in [0.2, 0.25) is 5.02 Å². The Kier molecular flexibility index (Phi) is 4.02. The van der Waals surface area contributed by atoms with Crippen LogP contribution >= 0.6 is 11.6 Å². The largest absolute Gasteiger partial charge is 0.387 e. The van der Waals surface area contributed by atoms with E-state index in [9.17, 15) is 5.11 Å². The second-order valence-electron chi connectivity index (χ2n) is 5.52. The number of aromatic nitrogens is 2. The molecular formula is C12H21ClN2O. The summed E-state index contributed by atoms with van der Waals surface area (Å²) in [5, 5.41) is 14.7. The summed E-state index contributed by atoms with van der Waals surface area (Å²) in [7, 11) is 1.80. The summed E-state index contributed by atoms with van der Waals surface area (Å²) in [5.74, 6) is 0.411. The second-order valence-corrected chi connectivity index (χ2v) is 5.93. The molecule has 1 heterocycles. The van der Waals surface area contributed by atoms with Gasteiger partial charge in [0.1, 0.15) is 0 Å². The second kappa shape index (κ2) is 4.76. The Bertz CT molecular complexity index is 335.